The van der Waals surface area contributed by atoms with Crippen LogP contribution in [-0.2, 0) is 20.9 Å². The lowest BCUT2D eigenvalue weighted by molar-refractivity contribution is -0.149. The predicted octanol–water partition coefficient (Wildman–Crippen LogP) is -0.138. The highest BCUT2D eigenvalue weighted by Gasteiger charge is 2.29. The molecule has 0 atom stereocenters. The van der Waals surface area contributed by atoms with Gasteiger partial charge in [0.25, 0.3) is 5.56 Å². The standard InChI is InChI=1S/C17H18N4O5/c22-14-12-4-2-1-3-11(12)13(19-20-14)9-18-15(23)16(24)21-7-5-10(6-8-21)17(25)26/h1-4,10H,5-9H2,(H,18,23)(H,20,22)(H,25,26). The summed E-state index contributed by atoms with van der Waals surface area (Å²) in [7, 11) is 0. The minimum Gasteiger partial charge on any atom is -0.481 e. The number of carbonyl (C=O) groups excluding carboxylic acids is 2. The van der Waals surface area contributed by atoms with Crippen LogP contribution in [0.1, 0.15) is 18.5 Å². The molecule has 1 aromatic heterocycles. The Morgan fingerprint density at radius 3 is 2.50 bits per heavy atom. The molecule has 2 amide bonds. The molecule has 1 aliphatic rings. The SMILES string of the molecule is O=C(NCc1n[nH]c(=O)c2ccccc12)C(=O)N1CCC(C(=O)O)CC1. The molecule has 2 heterocycles. The smallest absolute Gasteiger partial charge is 0.311 e. The van der Waals surface area contributed by atoms with Crippen LogP contribution in [-0.4, -0.2) is 51.1 Å². The number of hydrogen-bond donors (Lipinski definition) is 3. The van der Waals surface area contributed by atoms with Gasteiger partial charge in [-0.1, -0.05) is 18.2 Å². The van der Waals surface area contributed by atoms with Gasteiger partial charge in [0.1, 0.15) is 0 Å². The van der Waals surface area contributed by atoms with Gasteiger partial charge in [-0.25, -0.2) is 5.10 Å². The Hall–Kier alpha value is -3.23. The minimum atomic E-state index is -0.877. The third-order valence-corrected chi connectivity index (χ3v) is 4.52. The number of nitrogens with zero attached hydrogens (tertiary/aromatic N) is 2. The van der Waals surface area contributed by atoms with Gasteiger partial charge < -0.3 is 15.3 Å². The Bertz CT molecular complexity index is 915. The first kappa shape index (κ1) is 17.6. The molecule has 9 heteroatoms. The van der Waals surface area contributed by atoms with Crippen molar-refractivity contribution in [2.75, 3.05) is 13.1 Å². The van der Waals surface area contributed by atoms with E-state index >= 15 is 0 Å². The quantitative estimate of drug-likeness (QED) is 0.654. The summed E-state index contributed by atoms with van der Waals surface area (Å²) in [5.74, 6) is -2.82. The molecule has 3 rings (SSSR count). The molecule has 1 aliphatic heterocycles. The van der Waals surface area contributed by atoms with Gasteiger partial charge in [0.2, 0.25) is 0 Å². The summed E-state index contributed by atoms with van der Waals surface area (Å²) >= 11 is 0. The summed E-state index contributed by atoms with van der Waals surface area (Å²) in [6, 6.07) is 6.85. The maximum absolute atomic E-state index is 12.2. The molecule has 0 unspecified atom stereocenters. The molecule has 1 aromatic carbocycles. The molecule has 3 N–H and O–H groups in total. The Morgan fingerprint density at radius 1 is 1.19 bits per heavy atom. The number of amides is 2. The van der Waals surface area contributed by atoms with Crippen molar-refractivity contribution in [3.63, 3.8) is 0 Å². The van der Waals surface area contributed by atoms with Crippen molar-refractivity contribution >= 4 is 28.6 Å². The van der Waals surface area contributed by atoms with Crippen LogP contribution in [0.2, 0.25) is 0 Å². The first-order valence-corrected chi connectivity index (χ1v) is 8.23. The lowest BCUT2D eigenvalue weighted by atomic mass is 9.97. The Labute approximate surface area is 148 Å². The second-order valence-electron chi connectivity index (χ2n) is 6.13. The fraction of sp³-hybridized carbons (Fsp3) is 0.353. The first-order valence-electron chi connectivity index (χ1n) is 8.23. The van der Waals surface area contributed by atoms with E-state index in [0.29, 0.717) is 29.3 Å². The van der Waals surface area contributed by atoms with Crippen molar-refractivity contribution in [3.8, 4) is 0 Å². The summed E-state index contributed by atoms with van der Waals surface area (Å²) in [5, 5.41) is 18.8. The van der Waals surface area contributed by atoms with E-state index < -0.39 is 23.7 Å². The van der Waals surface area contributed by atoms with E-state index in [4.69, 9.17) is 5.11 Å². The zero-order chi connectivity index (χ0) is 18.7. The van der Waals surface area contributed by atoms with E-state index in [1.165, 1.54) is 4.90 Å². The maximum atomic E-state index is 12.2. The number of rotatable bonds is 3. The Morgan fingerprint density at radius 2 is 1.85 bits per heavy atom. The summed E-state index contributed by atoms with van der Waals surface area (Å²) in [6.07, 6.45) is 0.668. The molecular formula is C17H18N4O5. The number of piperidine rings is 1. The van der Waals surface area contributed by atoms with Crippen LogP contribution in [0, 0.1) is 5.92 Å². The molecule has 0 aliphatic carbocycles. The summed E-state index contributed by atoms with van der Waals surface area (Å²) < 4.78 is 0. The summed E-state index contributed by atoms with van der Waals surface area (Å²) in [6.45, 7) is 0.472. The molecule has 0 radical (unpaired) electrons. The van der Waals surface area contributed by atoms with Crippen molar-refractivity contribution in [3.05, 3.63) is 40.3 Å². The van der Waals surface area contributed by atoms with Crippen molar-refractivity contribution < 1.29 is 19.5 Å². The predicted molar refractivity (Wildman–Crippen MR) is 91.2 cm³/mol. The molecule has 1 saturated heterocycles. The van der Waals surface area contributed by atoms with Gasteiger partial charge in [0.15, 0.2) is 0 Å². The number of fused-ring (bicyclic) bond motifs is 1. The van der Waals surface area contributed by atoms with E-state index in [2.05, 4.69) is 15.5 Å². The second-order valence-corrected chi connectivity index (χ2v) is 6.13. The van der Waals surface area contributed by atoms with Gasteiger partial charge in [-0.05, 0) is 18.9 Å². The van der Waals surface area contributed by atoms with Crippen molar-refractivity contribution in [2.24, 2.45) is 5.92 Å². The van der Waals surface area contributed by atoms with Gasteiger partial charge in [-0.15, -0.1) is 0 Å². The fourth-order valence-electron chi connectivity index (χ4n) is 3.02. The van der Waals surface area contributed by atoms with Crippen LogP contribution in [0.25, 0.3) is 10.8 Å². The molecule has 26 heavy (non-hydrogen) atoms. The molecule has 2 aromatic rings. The van der Waals surface area contributed by atoms with Gasteiger partial charge in [-0.2, -0.15) is 5.10 Å². The van der Waals surface area contributed by atoms with Gasteiger partial charge in [0, 0.05) is 18.5 Å². The molecule has 0 spiro atoms. The van der Waals surface area contributed by atoms with Gasteiger partial charge in [-0.3, -0.25) is 19.2 Å². The monoisotopic (exact) mass is 358 g/mol. The number of nitrogens with one attached hydrogen (secondary N) is 2. The lowest BCUT2D eigenvalue weighted by Gasteiger charge is -2.29. The van der Waals surface area contributed by atoms with E-state index in [1.54, 1.807) is 24.3 Å². The molecule has 0 bridgehead atoms. The number of likely N-dealkylation sites (tertiary alicyclic amines) is 1. The highest BCUT2D eigenvalue weighted by atomic mass is 16.4. The van der Waals surface area contributed by atoms with Crippen molar-refractivity contribution in [1.29, 1.82) is 0 Å². The molecule has 0 saturated carbocycles. The molecule has 9 nitrogen and oxygen atoms in total. The van der Waals surface area contributed by atoms with Crippen molar-refractivity contribution in [1.82, 2.24) is 20.4 Å². The van der Waals surface area contributed by atoms with E-state index in [-0.39, 0.29) is 25.2 Å². The number of benzene rings is 1. The normalized spacial score (nSPS) is 15.0. The fourth-order valence-corrected chi connectivity index (χ4v) is 3.02. The third-order valence-electron chi connectivity index (χ3n) is 4.52. The number of carboxylic acid groups (broad SMARTS) is 1. The van der Waals surface area contributed by atoms with Crippen LogP contribution < -0.4 is 10.9 Å². The average Bonchev–Trinajstić information content (AvgIpc) is 2.67. The zero-order valence-corrected chi connectivity index (χ0v) is 13.9. The zero-order valence-electron chi connectivity index (χ0n) is 13.9. The van der Waals surface area contributed by atoms with E-state index in [9.17, 15) is 19.2 Å². The van der Waals surface area contributed by atoms with Gasteiger partial charge >= 0.3 is 17.8 Å². The minimum absolute atomic E-state index is 0.00649. The number of carboxylic acids is 1. The summed E-state index contributed by atoms with van der Waals surface area (Å²) in [5.41, 5.74) is 0.124. The number of carbonyl (C=O) groups is 3. The first-order chi connectivity index (χ1) is 12.5. The van der Waals surface area contributed by atoms with Crippen LogP contribution >= 0.6 is 0 Å². The lowest BCUT2D eigenvalue weighted by Crippen LogP contribution is -2.47. The van der Waals surface area contributed by atoms with E-state index in [0.717, 1.165) is 0 Å². The van der Waals surface area contributed by atoms with E-state index in [1.807, 2.05) is 0 Å². The highest BCUT2D eigenvalue weighted by Crippen LogP contribution is 2.17. The maximum Gasteiger partial charge on any atom is 0.311 e. The number of H-pyrrole nitrogens is 1. The average molecular weight is 358 g/mol. The number of aromatic nitrogens is 2. The Balaban J connectivity index is 1.63. The topological polar surface area (TPSA) is 132 Å². The number of aliphatic carboxylic acids is 1. The number of aromatic amines is 1. The van der Waals surface area contributed by atoms with Crippen molar-refractivity contribution in [2.45, 2.75) is 19.4 Å². The van der Waals surface area contributed by atoms with Crippen LogP contribution in [0.3, 0.4) is 0 Å². The molecule has 1 fully saturated rings. The van der Waals surface area contributed by atoms with Crippen LogP contribution in [0.5, 0.6) is 0 Å². The molecule has 136 valence electrons. The molecular weight excluding hydrogens is 340 g/mol. The second kappa shape index (κ2) is 7.34. The summed E-state index contributed by atoms with van der Waals surface area (Å²) in [4.78, 5) is 48.4. The van der Waals surface area contributed by atoms with Crippen LogP contribution in [0.4, 0.5) is 0 Å². The van der Waals surface area contributed by atoms with Gasteiger partial charge in [0.05, 0.1) is 23.5 Å². The third kappa shape index (κ3) is 3.56. The largest absolute Gasteiger partial charge is 0.481 e. The number of hydrogen-bond acceptors (Lipinski definition) is 5. The van der Waals surface area contributed by atoms with Crippen LogP contribution in [0.15, 0.2) is 29.1 Å². The highest BCUT2D eigenvalue weighted by molar-refractivity contribution is 6.35. The Kier molecular flexibility index (Phi) is 4.97.